The molecule has 1 aromatic carbocycles. The monoisotopic (exact) mass is 369 g/mol. The molecular weight excluding hydrogens is 352 g/mol. The van der Waals surface area contributed by atoms with Crippen molar-refractivity contribution in [3.8, 4) is 0 Å². The normalized spacial score (nSPS) is 19.7. The third-order valence-electron chi connectivity index (χ3n) is 3.86. The molecule has 0 bridgehead atoms. The summed E-state index contributed by atoms with van der Waals surface area (Å²) in [7, 11) is 0. The molecule has 10 heteroatoms. The van der Waals surface area contributed by atoms with Gasteiger partial charge in [0.2, 0.25) is 5.91 Å². The molecule has 1 amide bonds. The van der Waals surface area contributed by atoms with Crippen molar-refractivity contribution in [2.75, 3.05) is 31.5 Å². The number of alkyl halides is 6. The van der Waals surface area contributed by atoms with E-state index in [1.165, 1.54) is 0 Å². The lowest BCUT2D eigenvalue weighted by molar-refractivity contribution is -0.143. The van der Waals surface area contributed by atoms with Crippen molar-refractivity contribution in [1.29, 1.82) is 0 Å². The minimum atomic E-state index is -4.95. The minimum Gasteiger partial charge on any atom is -0.325 e. The Bertz CT molecular complexity index is 596. The van der Waals surface area contributed by atoms with Gasteiger partial charge in [0, 0.05) is 31.4 Å². The highest BCUT2D eigenvalue weighted by molar-refractivity contribution is 5.92. The highest BCUT2D eigenvalue weighted by Gasteiger charge is 2.37. The molecule has 1 aliphatic heterocycles. The Morgan fingerprint density at radius 1 is 1.16 bits per heavy atom. The van der Waals surface area contributed by atoms with Crippen LogP contribution in [-0.2, 0) is 17.1 Å². The topological polar surface area (TPSA) is 44.4 Å². The van der Waals surface area contributed by atoms with Crippen LogP contribution in [0.15, 0.2) is 18.2 Å². The number of anilines is 1. The lowest BCUT2D eigenvalue weighted by Crippen LogP contribution is -2.52. The van der Waals surface area contributed by atoms with Crippen molar-refractivity contribution in [3.05, 3.63) is 29.3 Å². The molecule has 2 rings (SSSR count). The molecule has 0 aliphatic carbocycles. The molecule has 1 fully saturated rings. The number of halogens is 6. The van der Waals surface area contributed by atoms with Crippen LogP contribution in [0.2, 0.25) is 0 Å². The highest BCUT2D eigenvalue weighted by Crippen LogP contribution is 2.37. The first kappa shape index (κ1) is 19.5. The van der Waals surface area contributed by atoms with E-state index in [0.717, 1.165) is 0 Å². The van der Waals surface area contributed by atoms with Gasteiger partial charge in [0.15, 0.2) is 0 Å². The quantitative estimate of drug-likeness (QED) is 0.806. The van der Waals surface area contributed by atoms with Crippen molar-refractivity contribution in [1.82, 2.24) is 10.2 Å². The summed E-state index contributed by atoms with van der Waals surface area (Å²) in [5.74, 6) is -0.666. The number of rotatable bonds is 3. The Morgan fingerprint density at radius 2 is 1.72 bits per heavy atom. The van der Waals surface area contributed by atoms with Crippen molar-refractivity contribution in [2.24, 2.45) is 0 Å². The summed E-state index contributed by atoms with van der Waals surface area (Å²) in [4.78, 5) is 13.8. The number of carbonyl (C=O) groups is 1. The first-order valence-electron chi connectivity index (χ1n) is 7.51. The fourth-order valence-electron chi connectivity index (χ4n) is 2.53. The molecular formula is C15H17F6N3O. The van der Waals surface area contributed by atoms with Crippen LogP contribution < -0.4 is 10.6 Å². The van der Waals surface area contributed by atoms with E-state index in [1.807, 2.05) is 6.92 Å². The van der Waals surface area contributed by atoms with Gasteiger partial charge in [0.05, 0.1) is 17.7 Å². The fraction of sp³-hybridized carbons (Fsp3) is 0.533. The van der Waals surface area contributed by atoms with Crippen LogP contribution in [0.1, 0.15) is 18.1 Å². The van der Waals surface area contributed by atoms with E-state index in [0.29, 0.717) is 31.8 Å². The number of hydrogen-bond acceptors (Lipinski definition) is 3. The van der Waals surface area contributed by atoms with Gasteiger partial charge >= 0.3 is 12.4 Å². The Kier molecular flexibility index (Phi) is 5.62. The van der Waals surface area contributed by atoms with Gasteiger partial charge in [0.25, 0.3) is 0 Å². The predicted octanol–water partition coefficient (Wildman–Crippen LogP) is 2.96. The van der Waals surface area contributed by atoms with E-state index in [1.54, 1.807) is 4.90 Å². The Labute approximate surface area is 140 Å². The zero-order valence-corrected chi connectivity index (χ0v) is 13.3. The Hall–Kier alpha value is -1.81. The summed E-state index contributed by atoms with van der Waals surface area (Å²) < 4.78 is 76.8. The van der Waals surface area contributed by atoms with Gasteiger partial charge in [0.1, 0.15) is 0 Å². The smallest absolute Gasteiger partial charge is 0.325 e. The van der Waals surface area contributed by atoms with E-state index in [2.05, 4.69) is 10.6 Å². The van der Waals surface area contributed by atoms with E-state index in [9.17, 15) is 31.1 Å². The second-order valence-electron chi connectivity index (χ2n) is 5.87. The van der Waals surface area contributed by atoms with Gasteiger partial charge in [-0.1, -0.05) is 0 Å². The zero-order valence-electron chi connectivity index (χ0n) is 13.3. The van der Waals surface area contributed by atoms with E-state index in [-0.39, 0.29) is 18.7 Å². The molecule has 0 unspecified atom stereocenters. The average molecular weight is 369 g/mol. The number of amides is 1. The number of nitrogens with zero attached hydrogens (tertiary/aromatic N) is 1. The summed E-state index contributed by atoms with van der Waals surface area (Å²) in [6.45, 7) is 3.62. The summed E-state index contributed by atoms with van der Waals surface area (Å²) in [5.41, 5.74) is -3.46. The largest absolute Gasteiger partial charge is 0.416 e. The molecule has 0 saturated carbocycles. The number of hydrogen-bond donors (Lipinski definition) is 2. The summed E-state index contributed by atoms with van der Waals surface area (Å²) in [6, 6.07) is 1.04. The molecule has 25 heavy (non-hydrogen) atoms. The minimum absolute atomic E-state index is 0.0219. The molecule has 0 aromatic heterocycles. The number of carbonyl (C=O) groups excluding carboxylic acids is 1. The molecule has 0 spiro atoms. The van der Waals surface area contributed by atoms with Crippen LogP contribution in [-0.4, -0.2) is 43.0 Å². The second kappa shape index (κ2) is 7.20. The standard InChI is InChI=1S/C15H17F6N3O/c1-9-7-22-2-3-24(9)8-13(25)23-12-5-10(14(16,17)18)4-11(6-12)15(19,20)21/h4-6,9,22H,2-3,7-8H2,1H3,(H,23,25)/t9-/m1/s1. The highest BCUT2D eigenvalue weighted by atomic mass is 19.4. The lowest BCUT2D eigenvalue weighted by atomic mass is 10.1. The first-order valence-corrected chi connectivity index (χ1v) is 7.51. The molecule has 1 atom stereocenters. The summed E-state index contributed by atoms with van der Waals surface area (Å²) >= 11 is 0. The Balaban J connectivity index is 2.18. The van der Waals surface area contributed by atoms with Crippen LogP contribution in [0, 0.1) is 0 Å². The summed E-state index contributed by atoms with van der Waals surface area (Å²) in [5, 5.41) is 5.25. The zero-order chi connectivity index (χ0) is 18.8. The van der Waals surface area contributed by atoms with Crippen molar-refractivity contribution in [3.63, 3.8) is 0 Å². The molecule has 1 aliphatic rings. The van der Waals surface area contributed by atoms with Gasteiger partial charge < -0.3 is 10.6 Å². The molecule has 1 heterocycles. The van der Waals surface area contributed by atoms with E-state index >= 15 is 0 Å². The van der Waals surface area contributed by atoms with Gasteiger partial charge in [-0.05, 0) is 25.1 Å². The molecule has 1 saturated heterocycles. The predicted molar refractivity (Wildman–Crippen MR) is 79.0 cm³/mol. The molecule has 0 radical (unpaired) electrons. The van der Waals surface area contributed by atoms with Gasteiger partial charge in [-0.3, -0.25) is 9.69 Å². The van der Waals surface area contributed by atoms with E-state index < -0.39 is 35.1 Å². The van der Waals surface area contributed by atoms with Crippen molar-refractivity contribution in [2.45, 2.75) is 25.3 Å². The fourth-order valence-corrected chi connectivity index (χ4v) is 2.53. The lowest BCUT2D eigenvalue weighted by Gasteiger charge is -2.33. The SMILES string of the molecule is C[C@@H]1CNCCN1CC(=O)Nc1cc(C(F)(F)F)cc(C(F)(F)F)c1. The van der Waals surface area contributed by atoms with Crippen molar-refractivity contribution < 1.29 is 31.1 Å². The first-order chi connectivity index (χ1) is 11.5. The van der Waals surface area contributed by atoms with Gasteiger partial charge in [-0.15, -0.1) is 0 Å². The Morgan fingerprint density at radius 3 is 2.20 bits per heavy atom. The molecule has 1 aromatic rings. The maximum atomic E-state index is 12.8. The van der Waals surface area contributed by atoms with Crippen molar-refractivity contribution >= 4 is 11.6 Å². The average Bonchev–Trinajstić information content (AvgIpc) is 2.47. The number of benzene rings is 1. The van der Waals surface area contributed by atoms with Crippen LogP contribution >= 0.6 is 0 Å². The second-order valence-corrected chi connectivity index (χ2v) is 5.87. The molecule has 2 N–H and O–H groups in total. The van der Waals surface area contributed by atoms with Gasteiger partial charge in [-0.2, -0.15) is 26.3 Å². The van der Waals surface area contributed by atoms with Crippen LogP contribution in [0.25, 0.3) is 0 Å². The van der Waals surface area contributed by atoms with Crippen LogP contribution in [0.4, 0.5) is 32.0 Å². The number of nitrogens with one attached hydrogen (secondary N) is 2. The third kappa shape index (κ3) is 5.33. The van der Waals surface area contributed by atoms with E-state index in [4.69, 9.17) is 0 Å². The van der Waals surface area contributed by atoms with Crippen LogP contribution in [0.5, 0.6) is 0 Å². The summed E-state index contributed by atoms with van der Waals surface area (Å²) in [6.07, 6.45) is -9.90. The van der Waals surface area contributed by atoms with Crippen LogP contribution in [0.3, 0.4) is 0 Å². The molecule has 4 nitrogen and oxygen atoms in total. The maximum Gasteiger partial charge on any atom is 0.416 e. The molecule has 140 valence electrons. The third-order valence-corrected chi connectivity index (χ3v) is 3.86. The van der Waals surface area contributed by atoms with Gasteiger partial charge in [-0.25, -0.2) is 0 Å². The maximum absolute atomic E-state index is 12.8. The number of piperazine rings is 1.